The number of amides is 2. The number of nitrogens with one attached hydrogen (secondary N) is 3. The van der Waals surface area contributed by atoms with Crippen LogP contribution in [0.2, 0.25) is 0 Å². The average Bonchev–Trinajstić information content (AvgIpc) is 2.89. The molecule has 20 heavy (non-hydrogen) atoms. The van der Waals surface area contributed by atoms with Crippen LogP contribution >= 0.6 is 0 Å². The van der Waals surface area contributed by atoms with Gasteiger partial charge in [-0.2, -0.15) is 0 Å². The van der Waals surface area contributed by atoms with E-state index in [2.05, 4.69) is 15.6 Å². The lowest BCUT2D eigenvalue weighted by Crippen LogP contribution is -2.18. The van der Waals surface area contributed by atoms with E-state index in [1.807, 2.05) is 71.0 Å². The summed E-state index contributed by atoms with van der Waals surface area (Å²) in [6, 6.07) is 10.9. The number of rotatable bonds is 2. The molecule has 0 unspecified atom stereocenters. The second-order valence-corrected chi connectivity index (χ2v) is 3.52. The Hall–Kier alpha value is -2.23. The van der Waals surface area contributed by atoms with Crippen LogP contribution in [0.25, 0.3) is 0 Å². The molecule has 1 heterocycles. The van der Waals surface area contributed by atoms with E-state index in [4.69, 9.17) is 0 Å². The van der Waals surface area contributed by atoms with Crippen molar-refractivity contribution in [1.82, 2.24) is 4.98 Å². The monoisotopic (exact) mass is 275 g/mol. The first-order chi connectivity index (χ1) is 9.74. The SMILES string of the molecule is CC.CC.Cc1cc(NC(=O)Nc2ccccc2)c[nH]1. The molecule has 0 radical (unpaired) electrons. The third-order valence-electron chi connectivity index (χ3n) is 2.12. The second kappa shape index (κ2) is 10.7. The van der Waals surface area contributed by atoms with Gasteiger partial charge in [-0.15, -0.1) is 0 Å². The van der Waals surface area contributed by atoms with E-state index in [-0.39, 0.29) is 6.03 Å². The van der Waals surface area contributed by atoms with Gasteiger partial charge in [0.2, 0.25) is 0 Å². The maximum absolute atomic E-state index is 11.6. The Morgan fingerprint density at radius 3 is 2.00 bits per heavy atom. The molecule has 0 aliphatic rings. The number of carbonyl (C=O) groups excluding carboxylic acids is 1. The van der Waals surface area contributed by atoms with Crippen molar-refractivity contribution in [1.29, 1.82) is 0 Å². The Kier molecular flexibility index (Phi) is 9.48. The summed E-state index contributed by atoms with van der Waals surface area (Å²) >= 11 is 0. The standard InChI is InChI=1S/C12H13N3O.2C2H6/c1-9-7-11(8-13-9)15-12(16)14-10-5-3-2-4-6-10;2*1-2/h2-8,13H,1H3,(H2,14,15,16);2*1-2H3. The molecule has 0 aliphatic heterocycles. The van der Waals surface area contributed by atoms with Gasteiger partial charge in [0.15, 0.2) is 0 Å². The van der Waals surface area contributed by atoms with Crippen LogP contribution in [-0.4, -0.2) is 11.0 Å². The third kappa shape index (κ3) is 6.64. The molecule has 4 heteroatoms. The number of aromatic amines is 1. The Morgan fingerprint density at radius 1 is 0.950 bits per heavy atom. The molecule has 0 atom stereocenters. The number of carbonyl (C=O) groups is 1. The van der Waals surface area contributed by atoms with E-state index < -0.39 is 0 Å². The highest BCUT2D eigenvalue weighted by Gasteiger charge is 2.02. The molecule has 1 aromatic carbocycles. The molecule has 0 saturated carbocycles. The zero-order valence-corrected chi connectivity index (χ0v) is 12.9. The Morgan fingerprint density at radius 2 is 1.50 bits per heavy atom. The molecule has 0 aliphatic carbocycles. The third-order valence-corrected chi connectivity index (χ3v) is 2.12. The van der Waals surface area contributed by atoms with Crippen molar-refractivity contribution < 1.29 is 4.79 Å². The first-order valence-electron chi connectivity index (χ1n) is 7.02. The summed E-state index contributed by atoms with van der Waals surface area (Å²) < 4.78 is 0. The Balaban J connectivity index is 0.000000829. The molecule has 4 nitrogen and oxygen atoms in total. The predicted molar refractivity (Wildman–Crippen MR) is 87.3 cm³/mol. The fraction of sp³-hybridized carbons (Fsp3) is 0.312. The Bertz CT molecular complexity index is 477. The van der Waals surface area contributed by atoms with E-state index in [1.165, 1.54) is 0 Å². The van der Waals surface area contributed by atoms with Gasteiger partial charge in [-0.05, 0) is 25.1 Å². The van der Waals surface area contributed by atoms with Crippen molar-refractivity contribution in [2.75, 3.05) is 10.6 Å². The van der Waals surface area contributed by atoms with Crippen molar-refractivity contribution in [3.05, 3.63) is 48.3 Å². The molecule has 110 valence electrons. The van der Waals surface area contributed by atoms with Crippen LogP contribution in [0.15, 0.2) is 42.6 Å². The van der Waals surface area contributed by atoms with E-state index in [9.17, 15) is 4.79 Å². The summed E-state index contributed by atoms with van der Waals surface area (Å²) in [6.45, 7) is 9.93. The van der Waals surface area contributed by atoms with E-state index >= 15 is 0 Å². The van der Waals surface area contributed by atoms with Crippen LogP contribution in [0.1, 0.15) is 33.4 Å². The first kappa shape index (κ1) is 17.8. The highest BCUT2D eigenvalue weighted by atomic mass is 16.2. The molecule has 0 bridgehead atoms. The molecule has 0 fully saturated rings. The van der Waals surface area contributed by atoms with E-state index in [0.29, 0.717) is 0 Å². The largest absolute Gasteiger partial charge is 0.363 e. The van der Waals surface area contributed by atoms with Crippen molar-refractivity contribution in [2.24, 2.45) is 0 Å². The number of benzene rings is 1. The quantitative estimate of drug-likeness (QED) is 0.708. The summed E-state index contributed by atoms with van der Waals surface area (Å²) in [4.78, 5) is 14.6. The lowest BCUT2D eigenvalue weighted by molar-refractivity contribution is 0.262. The van der Waals surface area contributed by atoms with Crippen LogP contribution in [0.3, 0.4) is 0 Å². The lowest BCUT2D eigenvalue weighted by atomic mass is 10.3. The van der Waals surface area contributed by atoms with Crippen LogP contribution in [0.5, 0.6) is 0 Å². The normalized spacial score (nSPS) is 8.45. The smallest absolute Gasteiger partial charge is 0.323 e. The zero-order chi connectivity index (χ0) is 15.4. The number of H-pyrrole nitrogens is 1. The van der Waals surface area contributed by atoms with Crippen molar-refractivity contribution in [3.63, 3.8) is 0 Å². The molecular weight excluding hydrogens is 250 g/mol. The van der Waals surface area contributed by atoms with Crippen LogP contribution in [0, 0.1) is 6.92 Å². The summed E-state index contributed by atoms with van der Waals surface area (Å²) in [6.07, 6.45) is 1.75. The zero-order valence-electron chi connectivity index (χ0n) is 12.9. The molecule has 2 rings (SSSR count). The van der Waals surface area contributed by atoms with Gasteiger partial charge in [0.05, 0.1) is 5.69 Å². The van der Waals surface area contributed by atoms with Gasteiger partial charge in [-0.25, -0.2) is 4.79 Å². The summed E-state index contributed by atoms with van der Waals surface area (Å²) in [5.74, 6) is 0. The van der Waals surface area contributed by atoms with Crippen molar-refractivity contribution in [3.8, 4) is 0 Å². The number of hydrogen-bond acceptors (Lipinski definition) is 1. The predicted octanol–water partition coefficient (Wildman–Crippen LogP) is 5.02. The van der Waals surface area contributed by atoms with Crippen molar-refractivity contribution in [2.45, 2.75) is 34.6 Å². The molecule has 2 amide bonds. The Labute approximate surface area is 121 Å². The minimum atomic E-state index is -0.245. The topological polar surface area (TPSA) is 56.9 Å². The highest BCUT2D eigenvalue weighted by molar-refractivity contribution is 5.99. The van der Waals surface area contributed by atoms with Crippen LogP contribution in [0.4, 0.5) is 16.2 Å². The molecular formula is C16H25N3O. The lowest BCUT2D eigenvalue weighted by Gasteiger charge is -2.05. The number of para-hydroxylation sites is 1. The minimum absolute atomic E-state index is 0.245. The summed E-state index contributed by atoms with van der Waals surface area (Å²) in [7, 11) is 0. The first-order valence-corrected chi connectivity index (χ1v) is 7.02. The molecule has 2 aromatic rings. The van der Waals surface area contributed by atoms with Gasteiger partial charge in [0, 0.05) is 17.6 Å². The minimum Gasteiger partial charge on any atom is -0.363 e. The van der Waals surface area contributed by atoms with Gasteiger partial charge in [-0.3, -0.25) is 0 Å². The van der Waals surface area contributed by atoms with Crippen LogP contribution in [-0.2, 0) is 0 Å². The number of aryl methyl sites for hydroxylation is 1. The molecule has 0 spiro atoms. The van der Waals surface area contributed by atoms with Gasteiger partial charge in [0.1, 0.15) is 0 Å². The molecule has 1 aromatic heterocycles. The maximum Gasteiger partial charge on any atom is 0.323 e. The van der Waals surface area contributed by atoms with E-state index in [1.54, 1.807) is 6.20 Å². The maximum atomic E-state index is 11.6. The van der Waals surface area contributed by atoms with Gasteiger partial charge in [-0.1, -0.05) is 45.9 Å². The second-order valence-electron chi connectivity index (χ2n) is 3.52. The van der Waals surface area contributed by atoms with Gasteiger partial charge < -0.3 is 15.6 Å². The van der Waals surface area contributed by atoms with Gasteiger partial charge >= 0.3 is 6.03 Å². The summed E-state index contributed by atoms with van der Waals surface area (Å²) in [5, 5.41) is 5.47. The van der Waals surface area contributed by atoms with Crippen molar-refractivity contribution >= 4 is 17.4 Å². The van der Waals surface area contributed by atoms with E-state index in [0.717, 1.165) is 17.1 Å². The fourth-order valence-electron chi connectivity index (χ4n) is 1.40. The summed E-state index contributed by atoms with van der Waals surface area (Å²) in [5.41, 5.74) is 2.54. The highest BCUT2D eigenvalue weighted by Crippen LogP contribution is 2.10. The number of anilines is 2. The van der Waals surface area contributed by atoms with Gasteiger partial charge in [0.25, 0.3) is 0 Å². The number of urea groups is 1. The fourth-order valence-corrected chi connectivity index (χ4v) is 1.40. The molecule has 3 N–H and O–H groups in total. The molecule has 0 saturated heterocycles. The van der Waals surface area contributed by atoms with Crippen LogP contribution < -0.4 is 10.6 Å². The number of aromatic nitrogens is 1. The average molecular weight is 275 g/mol. The number of hydrogen-bond donors (Lipinski definition) is 3.